The van der Waals surface area contributed by atoms with E-state index in [1.165, 1.54) is 56.5 Å². The minimum absolute atomic E-state index is 0.162. The van der Waals surface area contributed by atoms with Crippen LogP contribution in [-0.4, -0.2) is 24.0 Å². The van der Waals surface area contributed by atoms with E-state index in [4.69, 9.17) is 4.74 Å². The number of aliphatic imine (C=N–C) groups is 1. The van der Waals surface area contributed by atoms with Crippen LogP contribution in [-0.2, 0) is 26.1 Å². The van der Waals surface area contributed by atoms with Crippen molar-refractivity contribution in [2.45, 2.75) is 38.9 Å². The van der Waals surface area contributed by atoms with Crippen LogP contribution < -0.4 is 9.64 Å². The second kappa shape index (κ2) is 9.01. The number of carbonyl (C=O) groups is 3. The van der Waals surface area contributed by atoms with E-state index in [0.29, 0.717) is 17.7 Å². The topological polar surface area (TPSA) is 76.0 Å². The zero-order valence-corrected chi connectivity index (χ0v) is 18.1. The third-order valence-electron chi connectivity index (χ3n) is 5.25. The highest BCUT2D eigenvalue weighted by Gasteiger charge is 2.35. The van der Waals surface area contributed by atoms with Crippen LogP contribution in [0.15, 0.2) is 65.2 Å². The number of hydrogen-bond acceptors (Lipinski definition) is 5. The Morgan fingerprint density at radius 2 is 1.55 bits per heavy atom. The van der Waals surface area contributed by atoms with Crippen LogP contribution in [0.2, 0.25) is 0 Å². The van der Waals surface area contributed by atoms with Gasteiger partial charge in [-0.05, 0) is 54.5 Å². The van der Waals surface area contributed by atoms with E-state index in [1.54, 1.807) is 6.08 Å². The maximum absolute atomic E-state index is 12.9. The van der Waals surface area contributed by atoms with Gasteiger partial charge < -0.3 is 4.74 Å². The van der Waals surface area contributed by atoms with Gasteiger partial charge in [-0.1, -0.05) is 19.1 Å². The van der Waals surface area contributed by atoms with Crippen molar-refractivity contribution in [2.75, 3.05) is 4.90 Å². The first-order valence-electron chi connectivity index (χ1n) is 10.1. The van der Waals surface area contributed by atoms with Gasteiger partial charge in [-0.25, -0.2) is 4.79 Å². The number of benzene rings is 2. The lowest BCUT2D eigenvalue weighted by Crippen LogP contribution is -2.32. The Labute approximate surface area is 188 Å². The van der Waals surface area contributed by atoms with Crippen molar-refractivity contribution in [3.05, 3.63) is 71.3 Å². The molecule has 1 aliphatic rings. The molecule has 0 bridgehead atoms. The van der Waals surface area contributed by atoms with Gasteiger partial charge in [0.05, 0.1) is 16.8 Å². The minimum atomic E-state index is -4.44. The van der Waals surface area contributed by atoms with Gasteiger partial charge >= 0.3 is 12.1 Å². The molecule has 2 aromatic carbocycles. The van der Waals surface area contributed by atoms with Gasteiger partial charge in [0.1, 0.15) is 11.3 Å². The highest BCUT2D eigenvalue weighted by molar-refractivity contribution is 6.13. The summed E-state index contributed by atoms with van der Waals surface area (Å²) >= 11 is 0. The zero-order valence-electron chi connectivity index (χ0n) is 18.1. The first-order chi connectivity index (χ1) is 15.5. The molecule has 0 aliphatic carbocycles. The molecule has 1 aliphatic heterocycles. The third kappa shape index (κ3) is 5.02. The molecule has 0 fully saturated rings. The number of alkyl halides is 3. The number of imide groups is 1. The van der Waals surface area contributed by atoms with Crippen molar-refractivity contribution >= 4 is 29.7 Å². The largest absolute Gasteiger partial charge is 0.423 e. The maximum Gasteiger partial charge on any atom is 0.416 e. The number of ether oxygens (including phenoxy) is 1. The summed E-state index contributed by atoms with van der Waals surface area (Å²) < 4.78 is 43.9. The van der Waals surface area contributed by atoms with E-state index in [2.05, 4.69) is 4.99 Å². The van der Waals surface area contributed by atoms with E-state index in [1.807, 2.05) is 6.92 Å². The molecule has 2 amide bonds. The lowest BCUT2D eigenvalue weighted by molar-refractivity contribution is -0.137. The van der Waals surface area contributed by atoms with E-state index < -0.39 is 35.1 Å². The van der Waals surface area contributed by atoms with Crippen molar-refractivity contribution in [3.8, 4) is 5.75 Å². The fourth-order valence-electron chi connectivity index (χ4n) is 3.55. The van der Waals surface area contributed by atoms with Crippen molar-refractivity contribution < 1.29 is 32.3 Å². The number of esters is 1. The number of hydrogen-bond donors (Lipinski definition) is 0. The Morgan fingerprint density at radius 3 is 2.03 bits per heavy atom. The van der Waals surface area contributed by atoms with Crippen molar-refractivity contribution in [3.63, 3.8) is 0 Å². The van der Waals surface area contributed by atoms with Crippen LogP contribution in [0.5, 0.6) is 5.75 Å². The molecule has 2 aromatic rings. The fourth-order valence-corrected chi connectivity index (χ4v) is 3.55. The highest BCUT2D eigenvalue weighted by atomic mass is 19.4. The first kappa shape index (κ1) is 23.9. The van der Waals surface area contributed by atoms with E-state index in [9.17, 15) is 27.6 Å². The molecule has 1 unspecified atom stereocenters. The van der Waals surface area contributed by atoms with Crippen molar-refractivity contribution in [1.29, 1.82) is 0 Å². The molecule has 0 saturated heterocycles. The normalized spacial score (nSPS) is 17.5. The minimum Gasteiger partial charge on any atom is -0.423 e. The van der Waals surface area contributed by atoms with E-state index in [0.717, 1.165) is 17.0 Å². The molecule has 9 heteroatoms. The number of amides is 2. The molecule has 0 spiro atoms. The predicted molar refractivity (Wildman–Crippen MR) is 116 cm³/mol. The second-order valence-corrected chi connectivity index (χ2v) is 7.47. The monoisotopic (exact) mass is 458 g/mol. The highest BCUT2D eigenvalue weighted by Crippen LogP contribution is 2.38. The van der Waals surface area contributed by atoms with Gasteiger partial charge in [0, 0.05) is 20.1 Å². The van der Waals surface area contributed by atoms with Gasteiger partial charge in [-0.2, -0.15) is 13.2 Å². The van der Waals surface area contributed by atoms with Crippen molar-refractivity contribution in [1.82, 2.24) is 0 Å². The molecule has 0 saturated carbocycles. The lowest BCUT2D eigenvalue weighted by Gasteiger charge is -2.23. The Balaban J connectivity index is 1.78. The van der Waals surface area contributed by atoms with E-state index in [-0.39, 0.29) is 11.3 Å². The molecule has 0 N–H and O–H groups in total. The molecule has 6 nitrogen and oxygen atoms in total. The summed E-state index contributed by atoms with van der Waals surface area (Å²) in [6.07, 6.45) is -1.11. The maximum atomic E-state index is 12.9. The number of anilines is 1. The lowest BCUT2D eigenvalue weighted by atomic mass is 9.87. The summed E-state index contributed by atoms with van der Waals surface area (Å²) in [4.78, 5) is 41.3. The Hall–Kier alpha value is -3.75. The van der Waals surface area contributed by atoms with Crippen LogP contribution >= 0.6 is 0 Å². The number of halogens is 3. The zero-order chi connectivity index (χ0) is 24.4. The van der Waals surface area contributed by atoms with Crippen LogP contribution in [0.25, 0.3) is 0 Å². The molecule has 172 valence electrons. The standard InChI is InChI=1S/C24H21F3N2O4/c1-4-23(18-5-7-19(8-6-18)24(25,26)27)13-17(14-28-23)22(32)33-21-11-9-20(10-12-21)29(15(2)30)16(3)31/h5-14H,4H2,1-3H3. The predicted octanol–water partition coefficient (Wildman–Crippen LogP) is 4.83. The van der Waals surface area contributed by atoms with E-state index >= 15 is 0 Å². The molecule has 1 atom stereocenters. The van der Waals surface area contributed by atoms with Gasteiger partial charge in [-0.15, -0.1) is 0 Å². The van der Waals surface area contributed by atoms with Crippen LogP contribution in [0.4, 0.5) is 18.9 Å². The summed E-state index contributed by atoms with van der Waals surface area (Å²) in [5, 5.41) is 0. The summed E-state index contributed by atoms with van der Waals surface area (Å²) in [6, 6.07) is 10.5. The van der Waals surface area contributed by atoms with Gasteiger partial charge in [0.15, 0.2) is 0 Å². The quantitative estimate of drug-likeness (QED) is 0.475. The summed E-state index contributed by atoms with van der Waals surface area (Å²) in [5.74, 6) is -1.39. The molecule has 0 aromatic heterocycles. The average molecular weight is 458 g/mol. The first-order valence-corrected chi connectivity index (χ1v) is 10.1. The number of carbonyl (C=O) groups excluding carboxylic acids is 3. The van der Waals surface area contributed by atoms with Gasteiger partial charge in [0.2, 0.25) is 11.8 Å². The van der Waals surface area contributed by atoms with Gasteiger partial charge in [-0.3, -0.25) is 19.5 Å². The Bertz CT molecular complexity index is 1120. The summed E-state index contributed by atoms with van der Waals surface area (Å²) in [5.41, 5.74) is -0.709. The van der Waals surface area contributed by atoms with Crippen LogP contribution in [0, 0.1) is 0 Å². The summed E-state index contributed by atoms with van der Waals surface area (Å²) in [6.45, 7) is 4.34. The number of nitrogens with zero attached hydrogens (tertiary/aromatic N) is 2. The van der Waals surface area contributed by atoms with Crippen molar-refractivity contribution in [2.24, 2.45) is 4.99 Å². The average Bonchev–Trinajstić information content (AvgIpc) is 3.20. The SMILES string of the molecule is CCC1(c2ccc(C(F)(F)F)cc2)C=C(C(=O)Oc2ccc(N(C(C)=O)C(C)=O)cc2)C=N1. The fraction of sp³-hybridized carbons (Fsp3) is 0.250. The third-order valence-corrected chi connectivity index (χ3v) is 5.25. The van der Waals surface area contributed by atoms with Crippen LogP contribution in [0.3, 0.4) is 0 Å². The molecule has 1 heterocycles. The Morgan fingerprint density at radius 1 is 0.970 bits per heavy atom. The smallest absolute Gasteiger partial charge is 0.416 e. The molecule has 3 rings (SSSR count). The molecular formula is C24H21F3N2O4. The van der Waals surface area contributed by atoms with Gasteiger partial charge in [0.25, 0.3) is 0 Å². The molecule has 33 heavy (non-hydrogen) atoms. The molecular weight excluding hydrogens is 437 g/mol. The molecule has 0 radical (unpaired) electrons. The van der Waals surface area contributed by atoms with Crippen LogP contribution in [0.1, 0.15) is 38.3 Å². The number of rotatable bonds is 5. The second-order valence-electron chi connectivity index (χ2n) is 7.47. The summed E-state index contributed by atoms with van der Waals surface area (Å²) in [7, 11) is 0. The Kier molecular flexibility index (Phi) is 6.53.